The first-order valence-electron chi connectivity index (χ1n) is 7.75. The molecular formula is C15H24N4O5. The van der Waals surface area contributed by atoms with Crippen molar-refractivity contribution in [1.82, 2.24) is 19.9 Å². The molecule has 0 aliphatic carbocycles. The lowest BCUT2D eigenvalue weighted by Gasteiger charge is -2.26. The molecule has 1 aromatic heterocycles. The van der Waals surface area contributed by atoms with Crippen LogP contribution in [0.1, 0.15) is 52.8 Å². The van der Waals surface area contributed by atoms with E-state index in [1.807, 2.05) is 0 Å². The van der Waals surface area contributed by atoms with Crippen molar-refractivity contribution in [1.29, 1.82) is 0 Å². The lowest BCUT2D eigenvalue weighted by Crippen LogP contribution is -2.43. The van der Waals surface area contributed by atoms with Crippen molar-refractivity contribution in [3.63, 3.8) is 0 Å². The van der Waals surface area contributed by atoms with Crippen molar-refractivity contribution < 1.29 is 24.5 Å². The van der Waals surface area contributed by atoms with E-state index in [0.29, 0.717) is 5.69 Å². The largest absolute Gasteiger partial charge is 0.480 e. The Morgan fingerprint density at radius 2 is 1.92 bits per heavy atom. The zero-order chi connectivity index (χ0) is 18.3. The van der Waals surface area contributed by atoms with Gasteiger partial charge < -0.3 is 14.9 Å². The fraction of sp³-hybridized carbons (Fsp3) is 0.733. The van der Waals surface area contributed by atoms with Crippen LogP contribution >= 0.6 is 0 Å². The number of carboxylic acids is 1. The Hall–Kier alpha value is -2.16. The lowest BCUT2D eigenvalue weighted by atomic mass is 10.1. The molecule has 2 atom stereocenters. The number of carbonyl (C=O) groups is 2. The van der Waals surface area contributed by atoms with Crippen LogP contribution in [-0.2, 0) is 15.1 Å². The summed E-state index contributed by atoms with van der Waals surface area (Å²) in [4.78, 5) is 25.0. The number of aliphatic carboxylic acids is 1. The van der Waals surface area contributed by atoms with Gasteiger partial charge in [-0.05, 0) is 34.6 Å². The van der Waals surface area contributed by atoms with Crippen molar-refractivity contribution in [3.8, 4) is 0 Å². The summed E-state index contributed by atoms with van der Waals surface area (Å²) in [5.41, 5.74) is -1.44. The van der Waals surface area contributed by atoms with E-state index in [-0.39, 0.29) is 13.0 Å². The van der Waals surface area contributed by atoms with Crippen LogP contribution in [0.15, 0.2) is 6.20 Å². The van der Waals surface area contributed by atoms with Crippen molar-refractivity contribution >= 4 is 12.1 Å². The molecule has 2 N–H and O–H groups in total. The summed E-state index contributed by atoms with van der Waals surface area (Å²) in [5.74, 6) is -1.10. The van der Waals surface area contributed by atoms with Crippen LogP contribution in [0, 0.1) is 0 Å². The van der Waals surface area contributed by atoms with Gasteiger partial charge in [-0.3, -0.25) is 4.90 Å². The van der Waals surface area contributed by atoms with E-state index in [9.17, 15) is 19.8 Å². The molecule has 0 aromatic carbocycles. The predicted octanol–water partition coefficient (Wildman–Crippen LogP) is 1.14. The summed E-state index contributed by atoms with van der Waals surface area (Å²) in [7, 11) is 0. The van der Waals surface area contributed by atoms with Crippen LogP contribution in [0.4, 0.5) is 4.79 Å². The highest BCUT2D eigenvalue weighted by molar-refractivity contribution is 5.81. The Morgan fingerprint density at radius 1 is 1.29 bits per heavy atom. The first-order valence-corrected chi connectivity index (χ1v) is 7.75. The molecular weight excluding hydrogens is 316 g/mol. The smallest absolute Gasteiger partial charge is 0.411 e. The fourth-order valence-electron chi connectivity index (χ4n) is 2.70. The molecule has 24 heavy (non-hydrogen) atoms. The van der Waals surface area contributed by atoms with E-state index in [1.165, 1.54) is 15.8 Å². The van der Waals surface area contributed by atoms with E-state index in [1.54, 1.807) is 34.6 Å². The quantitative estimate of drug-likeness (QED) is 0.847. The third-order valence-electron chi connectivity index (χ3n) is 3.74. The van der Waals surface area contributed by atoms with Gasteiger partial charge in [0.05, 0.1) is 17.9 Å². The second kappa shape index (κ2) is 6.04. The molecule has 1 aromatic rings. The summed E-state index contributed by atoms with van der Waals surface area (Å²) >= 11 is 0. The Kier molecular flexibility index (Phi) is 4.58. The number of hydrogen-bond acceptors (Lipinski definition) is 6. The Morgan fingerprint density at radius 3 is 2.42 bits per heavy atom. The average molecular weight is 340 g/mol. The molecule has 1 aliphatic rings. The summed E-state index contributed by atoms with van der Waals surface area (Å²) in [6.07, 6.45) is 0.926. The van der Waals surface area contributed by atoms with Crippen LogP contribution < -0.4 is 0 Å². The minimum atomic E-state index is -1.18. The SMILES string of the molecule is CC(C)(C)OC(=O)N1C[C@@H](n2nncc2C(C)(C)O)C[C@H]1C(=O)O. The molecule has 0 bridgehead atoms. The maximum absolute atomic E-state index is 12.3. The highest BCUT2D eigenvalue weighted by Gasteiger charge is 2.43. The van der Waals surface area contributed by atoms with Crippen LogP contribution in [-0.4, -0.2) is 60.4 Å². The van der Waals surface area contributed by atoms with Gasteiger partial charge in [0.15, 0.2) is 0 Å². The summed E-state index contributed by atoms with van der Waals surface area (Å²) < 4.78 is 6.78. The average Bonchev–Trinajstić information content (AvgIpc) is 3.02. The molecule has 1 fully saturated rings. The fourth-order valence-corrected chi connectivity index (χ4v) is 2.70. The second-order valence-electron chi connectivity index (χ2n) is 7.50. The number of ether oxygens (including phenoxy) is 1. The molecule has 1 saturated heterocycles. The molecule has 9 nitrogen and oxygen atoms in total. The molecule has 0 spiro atoms. The Balaban J connectivity index is 2.26. The predicted molar refractivity (Wildman–Crippen MR) is 83.3 cm³/mol. The van der Waals surface area contributed by atoms with Gasteiger partial charge in [0, 0.05) is 13.0 Å². The standard InChI is InChI=1S/C15H24N4O5/c1-14(2,3)24-13(22)18-8-9(6-10(18)12(20)21)19-11(7-16-17-19)15(4,5)23/h7,9-10,23H,6,8H2,1-5H3,(H,20,21)/t9-,10-/m0/s1. The van der Waals surface area contributed by atoms with Crippen LogP contribution in [0.25, 0.3) is 0 Å². The monoisotopic (exact) mass is 340 g/mol. The van der Waals surface area contributed by atoms with E-state index in [2.05, 4.69) is 10.3 Å². The van der Waals surface area contributed by atoms with Crippen molar-refractivity contribution in [2.24, 2.45) is 0 Å². The van der Waals surface area contributed by atoms with Gasteiger partial charge >= 0.3 is 12.1 Å². The summed E-state index contributed by atoms with van der Waals surface area (Å²) in [5, 5.41) is 27.4. The molecule has 0 radical (unpaired) electrons. The van der Waals surface area contributed by atoms with Gasteiger partial charge in [-0.15, -0.1) is 5.10 Å². The molecule has 1 amide bonds. The van der Waals surface area contributed by atoms with Gasteiger partial charge in [-0.2, -0.15) is 0 Å². The lowest BCUT2D eigenvalue weighted by molar-refractivity contribution is -0.142. The Labute approximate surface area is 140 Å². The number of likely N-dealkylation sites (tertiary alicyclic amines) is 1. The molecule has 9 heteroatoms. The van der Waals surface area contributed by atoms with Crippen LogP contribution in [0.3, 0.4) is 0 Å². The molecule has 0 unspecified atom stereocenters. The number of carbonyl (C=O) groups excluding carboxylic acids is 1. The van der Waals surface area contributed by atoms with Crippen molar-refractivity contribution in [2.75, 3.05) is 6.54 Å². The molecule has 0 saturated carbocycles. The molecule has 2 rings (SSSR count). The number of nitrogens with zero attached hydrogens (tertiary/aromatic N) is 4. The topological polar surface area (TPSA) is 118 Å². The zero-order valence-corrected chi connectivity index (χ0v) is 14.6. The van der Waals surface area contributed by atoms with Gasteiger partial charge in [0.1, 0.15) is 17.2 Å². The maximum atomic E-state index is 12.3. The van der Waals surface area contributed by atoms with Gasteiger partial charge in [0.2, 0.25) is 0 Å². The Bertz CT molecular complexity index is 629. The second-order valence-corrected chi connectivity index (χ2v) is 7.50. The van der Waals surface area contributed by atoms with Crippen LogP contribution in [0.5, 0.6) is 0 Å². The van der Waals surface area contributed by atoms with E-state index < -0.39 is 35.3 Å². The minimum Gasteiger partial charge on any atom is -0.480 e. The number of rotatable bonds is 3. The summed E-state index contributed by atoms with van der Waals surface area (Å²) in [6, 6.07) is -1.41. The highest BCUT2D eigenvalue weighted by Crippen LogP contribution is 2.31. The number of aromatic nitrogens is 3. The number of hydrogen-bond donors (Lipinski definition) is 2. The minimum absolute atomic E-state index is 0.123. The first-order chi connectivity index (χ1) is 10.9. The number of carboxylic acid groups (broad SMARTS) is 1. The van der Waals surface area contributed by atoms with E-state index >= 15 is 0 Å². The van der Waals surface area contributed by atoms with Gasteiger partial charge in [0.25, 0.3) is 0 Å². The highest BCUT2D eigenvalue weighted by atomic mass is 16.6. The van der Waals surface area contributed by atoms with Crippen molar-refractivity contribution in [3.05, 3.63) is 11.9 Å². The van der Waals surface area contributed by atoms with Gasteiger partial charge in [-0.1, -0.05) is 5.21 Å². The first kappa shape index (κ1) is 18.2. The zero-order valence-electron chi connectivity index (χ0n) is 14.6. The van der Waals surface area contributed by atoms with Crippen molar-refractivity contribution in [2.45, 2.75) is 64.3 Å². The third kappa shape index (κ3) is 3.84. The molecule has 1 aliphatic heterocycles. The third-order valence-corrected chi connectivity index (χ3v) is 3.74. The number of aliphatic hydroxyl groups is 1. The summed E-state index contributed by atoms with van der Waals surface area (Å²) in [6.45, 7) is 8.47. The van der Waals surface area contributed by atoms with E-state index in [4.69, 9.17) is 4.74 Å². The number of amides is 1. The molecule has 134 valence electrons. The van der Waals surface area contributed by atoms with Crippen LogP contribution in [0.2, 0.25) is 0 Å². The van der Waals surface area contributed by atoms with Gasteiger partial charge in [-0.25, -0.2) is 14.3 Å². The normalized spacial score (nSPS) is 21.8. The van der Waals surface area contributed by atoms with E-state index in [0.717, 1.165) is 0 Å². The maximum Gasteiger partial charge on any atom is 0.411 e. The molecule has 2 heterocycles.